The van der Waals surface area contributed by atoms with Gasteiger partial charge < -0.3 is 9.47 Å². The maximum absolute atomic E-state index is 12.2. The van der Waals surface area contributed by atoms with Gasteiger partial charge in [0.15, 0.2) is 0 Å². The SMILES string of the molecule is CCCCOc1ccc(C=C(C#N)C(=O)Nc2nnc(COC)s2)cc1. The van der Waals surface area contributed by atoms with Crippen molar-refractivity contribution in [1.29, 1.82) is 5.26 Å². The molecule has 2 aromatic rings. The first-order chi connectivity index (χ1) is 12.7. The Hall–Kier alpha value is -2.76. The Bertz CT molecular complexity index is 794. The van der Waals surface area contributed by atoms with Crippen molar-refractivity contribution in [1.82, 2.24) is 10.2 Å². The normalized spacial score (nSPS) is 11.0. The largest absolute Gasteiger partial charge is 0.494 e. The van der Waals surface area contributed by atoms with E-state index < -0.39 is 5.91 Å². The first kappa shape index (κ1) is 19.6. The smallest absolute Gasteiger partial charge is 0.268 e. The number of hydrogen-bond acceptors (Lipinski definition) is 7. The minimum absolute atomic E-state index is 0.0202. The molecule has 0 unspecified atom stereocenters. The standard InChI is InChI=1S/C18H20N4O3S/c1-3-4-9-25-15-7-5-13(6-8-15)10-14(11-19)17(23)20-18-22-21-16(26-18)12-24-2/h5-8,10H,3-4,9,12H2,1-2H3,(H,20,22,23). The summed E-state index contributed by atoms with van der Waals surface area (Å²) < 4.78 is 10.5. The van der Waals surface area contributed by atoms with Gasteiger partial charge in [0.1, 0.15) is 29.0 Å². The van der Waals surface area contributed by atoms with Gasteiger partial charge in [-0.05, 0) is 30.2 Å². The van der Waals surface area contributed by atoms with Crippen LogP contribution in [0.5, 0.6) is 5.75 Å². The van der Waals surface area contributed by atoms with Gasteiger partial charge in [-0.1, -0.05) is 36.8 Å². The van der Waals surface area contributed by atoms with Crippen LogP contribution in [-0.2, 0) is 16.1 Å². The molecule has 0 saturated carbocycles. The van der Waals surface area contributed by atoms with Crippen molar-refractivity contribution in [2.45, 2.75) is 26.4 Å². The molecule has 8 heteroatoms. The summed E-state index contributed by atoms with van der Waals surface area (Å²) in [5, 5.41) is 20.5. The molecule has 1 aromatic carbocycles. The average molecular weight is 372 g/mol. The van der Waals surface area contributed by atoms with Crippen LogP contribution < -0.4 is 10.1 Å². The second kappa shape index (κ2) is 10.3. The number of rotatable bonds is 9. The molecule has 0 aliphatic rings. The highest BCUT2D eigenvalue weighted by Gasteiger charge is 2.13. The van der Waals surface area contributed by atoms with Gasteiger partial charge in [0.25, 0.3) is 5.91 Å². The van der Waals surface area contributed by atoms with Crippen LogP contribution in [0.3, 0.4) is 0 Å². The second-order valence-electron chi connectivity index (χ2n) is 5.33. The first-order valence-electron chi connectivity index (χ1n) is 8.13. The molecule has 1 aromatic heterocycles. The Kier molecular flexibility index (Phi) is 7.74. The van der Waals surface area contributed by atoms with Gasteiger partial charge in [0, 0.05) is 7.11 Å². The van der Waals surface area contributed by atoms with Gasteiger partial charge >= 0.3 is 0 Å². The van der Waals surface area contributed by atoms with Gasteiger partial charge in [-0.3, -0.25) is 10.1 Å². The van der Waals surface area contributed by atoms with E-state index in [1.807, 2.05) is 18.2 Å². The minimum Gasteiger partial charge on any atom is -0.494 e. The van der Waals surface area contributed by atoms with E-state index >= 15 is 0 Å². The maximum Gasteiger partial charge on any atom is 0.268 e. The number of nitrogens with one attached hydrogen (secondary N) is 1. The topological polar surface area (TPSA) is 97.1 Å². The number of anilines is 1. The summed E-state index contributed by atoms with van der Waals surface area (Å²) in [5.41, 5.74) is 0.713. The van der Waals surface area contributed by atoms with Crippen LogP contribution in [0.1, 0.15) is 30.3 Å². The molecule has 0 radical (unpaired) electrons. The van der Waals surface area contributed by atoms with E-state index in [1.54, 1.807) is 19.2 Å². The first-order valence-corrected chi connectivity index (χ1v) is 8.95. The summed E-state index contributed by atoms with van der Waals surface area (Å²) >= 11 is 1.20. The maximum atomic E-state index is 12.2. The fraction of sp³-hybridized carbons (Fsp3) is 0.333. The summed E-state index contributed by atoms with van der Waals surface area (Å²) in [7, 11) is 1.55. The molecule has 1 N–H and O–H groups in total. The number of carbonyl (C=O) groups is 1. The summed E-state index contributed by atoms with van der Waals surface area (Å²) in [6, 6.07) is 9.14. The number of carbonyl (C=O) groups excluding carboxylic acids is 1. The van der Waals surface area contributed by atoms with Crippen molar-refractivity contribution in [3.05, 3.63) is 40.4 Å². The number of unbranched alkanes of at least 4 members (excludes halogenated alkanes) is 1. The lowest BCUT2D eigenvalue weighted by molar-refractivity contribution is -0.112. The van der Waals surface area contributed by atoms with Gasteiger partial charge in [-0.15, -0.1) is 10.2 Å². The third kappa shape index (κ3) is 5.95. The van der Waals surface area contributed by atoms with Gasteiger partial charge in [0.05, 0.1) is 6.61 Å². The highest BCUT2D eigenvalue weighted by atomic mass is 32.1. The molecule has 26 heavy (non-hydrogen) atoms. The number of hydrogen-bond donors (Lipinski definition) is 1. The van der Waals surface area contributed by atoms with E-state index in [4.69, 9.17) is 9.47 Å². The second-order valence-corrected chi connectivity index (χ2v) is 6.39. The van der Waals surface area contributed by atoms with E-state index in [-0.39, 0.29) is 5.57 Å². The lowest BCUT2D eigenvalue weighted by Gasteiger charge is -2.05. The van der Waals surface area contributed by atoms with Crippen molar-refractivity contribution >= 4 is 28.5 Å². The van der Waals surface area contributed by atoms with E-state index in [9.17, 15) is 10.1 Å². The lowest BCUT2D eigenvalue weighted by atomic mass is 10.1. The van der Waals surface area contributed by atoms with Crippen LogP contribution in [0.15, 0.2) is 29.8 Å². The highest BCUT2D eigenvalue weighted by molar-refractivity contribution is 7.15. The number of methoxy groups -OCH3 is 1. The molecule has 0 aliphatic heterocycles. The Balaban J connectivity index is 2.01. The van der Waals surface area contributed by atoms with Gasteiger partial charge in [0.2, 0.25) is 5.13 Å². The zero-order valence-electron chi connectivity index (χ0n) is 14.7. The quantitative estimate of drug-likeness (QED) is 0.411. The van der Waals surface area contributed by atoms with Crippen molar-refractivity contribution in [2.24, 2.45) is 0 Å². The third-order valence-corrected chi connectivity index (χ3v) is 4.09. The van der Waals surface area contributed by atoms with E-state index in [0.29, 0.717) is 23.4 Å². The van der Waals surface area contributed by atoms with Gasteiger partial charge in [-0.25, -0.2) is 0 Å². The van der Waals surface area contributed by atoms with Crippen LogP contribution in [0.4, 0.5) is 5.13 Å². The molecule has 136 valence electrons. The number of nitriles is 1. The van der Waals surface area contributed by atoms with Crippen LogP contribution >= 0.6 is 11.3 Å². The van der Waals surface area contributed by atoms with Crippen LogP contribution in [0.25, 0.3) is 6.08 Å². The predicted octanol–water partition coefficient (Wildman–Crippen LogP) is 3.41. The number of nitrogens with zero attached hydrogens (tertiary/aromatic N) is 3. The van der Waals surface area contributed by atoms with Crippen LogP contribution in [0.2, 0.25) is 0 Å². The van der Waals surface area contributed by atoms with E-state index in [2.05, 4.69) is 22.4 Å². The summed E-state index contributed by atoms with van der Waals surface area (Å²) in [6.07, 6.45) is 3.59. The fourth-order valence-corrected chi connectivity index (χ4v) is 2.67. The lowest BCUT2D eigenvalue weighted by Crippen LogP contribution is -2.13. The van der Waals surface area contributed by atoms with Gasteiger partial charge in [-0.2, -0.15) is 5.26 Å². The Morgan fingerprint density at radius 1 is 1.35 bits per heavy atom. The molecule has 0 fully saturated rings. The summed E-state index contributed by atoms with van der Waals surface area (Å²) in [6.45, 7) is 3.09. The van der Waals surface area contributed by atoms with Crippen molar-refractivity contribution in [2.75, 3.05) is 19.0 Å². The molecule has 0 atom stereocenters. The summed E-state index contributed by atoms with van der Waals surface area (Å²) in [4.78, 5) is 12.2. The number of benzene rings is 1. The monoisotopic (exact) mass is 372 g/mol. The predicted molar refractivity (Wildman–Crippen MR) is 99.7 cm³/mol. The number of amides is 1. The molecule has 0 aliphatic carbocycles. The van der Waals surface area contributed by atoms with Crippen molar-refractivity contribution < 1.29 is 14.3 Å². The van der Waals surface area contributed by atoms with E-state index in [0.717, 1.165) is 24.2 Å². The molecular weight excluding hydrogens is 352 g/mol. The van der Waals surface area contributed by atoms with Crippen molar-refractivity contribution in [3.8, 4) is 11.8 Å². The molecule has 7 nitrogen and oxygen atoms in total. The average Bonchev–Trinajstić information content (AvgIpc) is 3.08. The van der Waals surface area contributed by atoms with Crippen LogP contribution in [-0.4, -0.2) is 29.8 Å². The molecule has 1 heterocycles. The Labute approximate surface area is 156 Å². The molecule has 1 amide bonds. The third-order valence-electron chi connectivity index (χ3n) is 3.28. The molecule has 0 spiro atoms. The van der Waals surface area contributed by atoms with Crippen LogP contribution in [0, 0.1) is 11.3 Å². The summed E-state index contributed by atoms with van der Waals surface area (Å²) in [5.74, 6) is 0.231. The van der Waals surface area contributed by atoms with Crippen molar-refractivity contribution in [3.63, 3.8) is 0 Å². The Morgan fingerprint density at radius 3 is 2.77 bits per heavy atom. The molecular formula is C18H20N4O3S. The molecule has 0 bridgehead atoms. The number of ether oxygens (including phenoxy) is 2. The zero-order valence-corrected chi connectivity index (χ0v) is 15.5. The minimum atomic E-state index is -0.532. The molecule has 2 rings (SSSR count). The molecule has 0 saturated heterocycles. The number of aromatic nitrogens is 2. The fourth-order valence-electron chi connectivity index (χ4n) is 1.96. The zero-order chi connectivity index (χ0) is 18.8. The Morgan fingerprint density at radius 2 is 2.12 bits per heavy atom. The van der Waals surface area contributed by atoms with E-state index in [1.165, 1.54) is 17.4 Å². The highest BCUT2D eigenvalue weighted by Crippen LogP contribution is 2.18.